The van der Waals surface area contributed by atoms with Gasteiger partial charge in [-0.25, -0.2) is 13.8 Å². The molecule has 0 unspecified atom stereocenters. The number of aromatic nitrogens is 2. The van der Waals surface area contributed by atoms with E-state index < -0.39 is 61.7 Å². The predicted molar refractivity (Wildman–Crippen MR) is 127 cm³/mol. The van der Waals surface area contributed by atoms with Gasteiger partial charge in [-0.2, -0.15) is 5.09 Å². The molecular weight excluding hydrogens is 516 g/mol. The van der Waals surface area contributed by atoms with E-state index in [1.807, 2.05) is 4.98 Å². The summed E-state index contributed by atoms with van der Waals surface area (Å²) in [7, 11) is -2.89. The molecule has 0 amide bonds. The minimum absolute atomic E-state index is 0.0330. The van der Waals surface area contributed by atoms with Crippen molar-refractivity contribution >= 4 is 13.7 Å². The SMILES string of the molecule is COCCOC(=O)[C@H](C)N[P@](=O)(OC[C@H]1O[C@@H](n2ccc(=O)[nH]c2=O)[C@](C)(F)[C@@H]1O)Oc1ccccc1. The second kappa shape index (κ2) is 12.1. The lowest BCUT2D eigenvalue weighted by Crippen LogP contribution is -2.43. The van der Waals surface area contributed by atoms with E-state index >= 15 is 4.39 Å². The molecule has 37 heavy (non-hydrogen) atoms. The summed E-state index contributed by atoms with van der Waals surface area (Å²) >= 11 is 0. The highest BCUT2D eigenvalue weighted by Gasteiger charge is 2.55. The largest absolute Gasteiger partial charge is 0.462 e. The molecule has 3 rings (SSSR count). The van der Waals surface area contributed by atoms with E-state index in [1.54, 1.807) is 18.2 Å². The van der Waals surface area contributed by atoms with Gasteiger partial charge >= 0.3 is 19.4 Å². The molecule has 0 saturated carbocycles. The number of alkyl halides is 1. The molecule has 13 nitrogen and oxygen atoms in total. The molecular formula is C22H29FN3O10P. The Bertz CT molecular complexity index is 1220. The van der Waals surface area contributed by atoms with Crippen molar-refractivity contribution in [2.24, 2.45) is 0 Å². The maximum atomic E-state index is 15.4. The second-order valence-corrected chi connectivity index (χ2v) is 10.0. The highest BCUT2D eigenvalue weighted by Crippen LogP contribution is 2.47. The Morgan fingerprint density at radius 2 is 2.00 bits per heavy atom. The number of para-hydroxylation sites is 1. The number of nitrogens with one attached hydrogen (secondary N) is 2. The number of halogens is 1. The van der Waals surface area contributed by atoms with Crippen LogP contribution < -0.4 is 20.9 Å². The molecule has 1 saturated heterocycles. The van der Waals surface area contributed by atoms with Crippen LogP contribution in [0.1, 0.15) is 20.1 Å². The zero-order chi connectivity index (χ0) is 27.2. The van der Waals surface area contributed by atoms with Gasteiger partial charge in [-0.3, -0.25) is 23.7 Å². The predicted octanol–water partition coefficient (Wildman–Crippen LogP) is 0.895. The Hall–Kier alpha value is -2.87. The maximum absolute atomic E-state index is 15.4. The number of aliphatic hydroxyl groups excluding tert-OH is 1. The maximum Gasteiger partial charge on any atom is 0.459 e. The molecule has 1 aromatic heterocycles. The van der Waals surface area contributed by atoms with Gasteiger partial charge in [0.25, 0.3) is 5.56 Å². The van der Waals surface area contributed by atoms with Crippen LogP contribution in [0.5, 0.6) is 5.75 Å². The van der Waals surface area contributed by atoms with E-state index in [4.69, 9.17) is 23.3 Å². The van der Waals surface area contributed by atoms with Crippen molar-refractivity contribution in [3.05, 3.63) is 63.4 Å². The van der Waals surface area contributed by atoms with E-state index in [9.17, 15) is 24.1 Å². The fourth-order valence-corrected chi connectivity index (χ4v) is 4.99. The number of carbonyl (C=O) groups is 1. The smallest absolute Gasteiger partial charge is 0.459 e. The number of hydrogen-bond donors (Lipinski definition) is 3. The van der Waals surface area contributed by atoms with Crippen molar-refractivity contribution in [1.29, 1.82) is 0 Å². The number of methoxy groups -OCH3 is 1. The second-order valence-electron chi connectivity index (χ2n) is 8.35. The first-order chi connectivity index (χ1) is 17.5. The van der Waals surface area contributed by atoms with Gasteiger partial charge in [-0.15, -0.1) is 0 Å². The number of hydrogen-bond acceptors (Lipinski definition) is 10. The molecule has 6 atom stereocenters. The van der Waals surface area contributed by atoms with Crippen LogP contribution in [0.25, 0.3) is 0 Å². The van der Waals surface area contributed by atoms with Gasteiger partial charge in [-0.05, 0) is 26.0 Å². The standard InChI is InChI=1S/C22H29FN3O10P/c1-14(19(29)33-12-11-32-3)25-37(31,36-15-7-5-4-6-8-15)34-13-16-18(28)22(2,23)20(35-16)26-10-9-17(27)24-21(26)30/h4-10,14,16,18,20,28H,11-13H2,1-3H3,(H,25,31)(H,24,27,30)/t14-,16+,18+,20+,22+,37-/m0/s1. The van der Waals surface area contributed by atoms with Crippen LogP contribution in [0.2, 0.25) is 0 Å². The lowest BCUT2D eigenvalue weighted by molar-refractivity contribution is -0.146. The first kappa shape index (κ1) is 28.7. The van der Waals surface area contributed by atoms with Crippen LogP contribution in [0.15, 0.2) is 52.2 Å². The molecule has 1 aromatic carbocycles. The summed E-state index contributed by atoms with van der Waals surface area (Å²) in [4.78, 5) is 37.7. The van der Waals surface area contributed by atoms with Crippen LogP contribution in [0, 0.1) is 0 Å². The number of ether oxygens (including phenoxy) is 3. The van der Waals surface area contributed by atoms with E-state index in [0.29, 0.717) is 0 Å². The zero-order valence-corrected chi connectivity index (χ0v) is 21.3. The molecule has 1 fully saturated rings. The number of nitrogens with zero attached hydrogens (tertiary/aromatic N) is 1. The number of H-pyrrole nitrogens is 1. The molecule has 0 spiro atoms. The third kappa shape index (κ3) is 7.12. The molecule has 1 aliphatic rings. The first-order valence-electron chi connectivity index (χ1n) is 11.2. The topological polar surface area (TPSA) is 167 Å². The molecule has 0 bridgehead atoms. The van der Waals surface area contributed by atoms with Gasteiger partial charge in [0.05, 0.1) is 13.2 Å². The third-order valence-corrected chi connectivity index (χ3v) is 7.08. The normalized spacial score (nSPS) is 25.8. The van der Waals surface area contributed by atoms with Gasteiger partial charge < -0.3 is 23.8 Å². The first-order valence-corrected chi connectivity index (χ1v) is 12.8. The van der Waals surface area contributed by atoms with Crippen molar-refractivity contribution in [3.8, 4) is 5.75 Å². The van der Waals surface area contributed by atoms with Crippen molar-refractivity contribution in [1.82, 2.24) is 14.6 Å². The van der Waals surface area contributed by atoms with E-state index in [-0.39, 0.29) is 19.0 Å². The Kier molecular flexibility index (Phi) is 9.40. The molecule has 1 aliphatic heterocycles. The Balaban J connectivity index is 1.77. The van der Waals surface area contributed by atoms with Crippen molar-refractivity contribution in [3.63, 3.8) is 0 Å². The van der Waals surface area contributed by atoms with E-state index in [1.165, 1.54) is 26.2 Å². The Morgan fingerprint density at radius 3 is 2.65 bits per heavy atom. The van der Waals surface area contributed by atoms with Crippen LogP contribution in [-0.4, -0.2) is 71.5 Å². The zero-order valence-electron chi connectivity index (χ0n) is 20.4. The number of esters is 1. The van der Waals surface area contributed by atoms with E-state index in [0.717, 1.165) is 23.8 Å². The lowest BCUT2D eigenvalue weighted by Gasteiger charge is -2.25. The van der Waals surface area contributed by atoms with Crippen molar-refractivity contribution < 1.29 is 42.1 Å². The summed E-state index contributed by atoms with van der Waals surface area (Å²) < 4.78 is 56.1. The van der Waals surface area contributed by atoms with Crippen LogP contribution >= 0.6 is 7.75 Å². The number of benzene rings is 1. The minimum atomic E-state index is -4.33. The van der Waals surface area contributed by atoms with Gasteiger partial charge in [0.2, 0.25) is 0 Å². The van der Waals surface area contributed by atoms with Gasteiger partial charge in [0, 0.05) is 19.4 Å². The molecule has 3 N–H and O–H groups in total. The minimum Gasteiger partial charge on any atom is -0.462 e. The summed E-state index contributed by atoms with van der Waals surface area (Å²) in [6.45, 7) is 1.85. The molecule has 15 heteroatoms. The number of aromatic amines is 1. The average Bonchev–Trinajstić information content (AvgIpc) is 3.07. The Morgan fingerprint density at radius 1 is 1.30 bits per heavy atom. The van der Waals surface area contributed by atoms with Crippen molar-refractivity contribution in [2.45, 2.75) is 44.0 Å². The highest BCUT2D eigenvalue weighted by atomic mass is 31.2. The number of carbonyl (C=O) groups excluding carboxylic acids is 1. The molecule has 2 heterocycles. The fraction of sp³-hybridized carbons (Fsp3) is 0.500. The quantitative estimate of drug-likeness (QED) is 0.197. The van der Waals surface area contributed by atoms with Crippen LogP contribution in [-0.2, 0) is 28.1 Å². The fourth-order valence-electron chi connectivity index (χ4n) is 3.48. The summed E-state index contributed by atoms with van der Waals surface area (Å²) in [6.07, 6.45) is -3.82. The average molecular weight is 545 g/mol. The van der Waals surface area contributed by atoms with Crippen molar-refractivity contribution in [2.75, 3.05) is 26.9 Å². The molecule has 204 valence electrons. The van der Waals surface area contributed by atoms with Crippen LogP contribution in [0.3, 0.4) is 0 Å². The van der Waals surface area contributed by atoms with Gasteiger partial charge in [-0.1, -0.05) is 18.2 Å². The van der Waals surface area contributed by atoms with E-state index in [2.05, 4.69) is 5.09 Å². The monoisotopic (exact) mass is 545 g/mol. The van der Waals surface area contributed by atoms with Gasteiger partial charge in [0.1, 0.15) is 30.6 Å². The summed E-state index contributed by atoms with van der Waals surface area (Å²) in [6, 6.07) is 7.77. The molecule has 2 aromatic rings. The molecule has 0 radical (unpaired) electrons. The summed E-state index contributed by atoms with van der Waals surface area (Å²) in [5.74, 6) is -0.622. The number of rotatable bonds is 12. The molecule has 0 aliphatic carbocycles. The Labute approximate surface area is 211 Å². The summed E-state index contributed by atoms with van der Waals surface area (Å²) in [5.41, 5.74) is -4.14. The third-order valence-electron chi connectivity index (χ3n) is 5.44. The highest BCUT2D eigenvalue weighted by molar-refractivity contribution is 7.52. The van der Waals surface area contributed by atoms with Gasteiger partial charge in [0.15, 0.2) is 11.9 Å². The number of aliphatic hydroxyl groups is 1. The van der Waals surface area contributed by atoms with Crippen LogP contribution in [0.4, 0.5) is 4.39 Å². The summed E-state index contributed by atoms with van der Waals surface area (Å²) in [5, 5.41) is 13.0. The lowest BCUT2D eigenvalue weighted by atomic mass is 9.98.